The van der Waals surface area contributed by atoms with Gasteiger partial charge < -0.3 is 15.2 Å². The third-order valence-electron chi connectivity index (χ3n) is 4.67. The molecule has 0 aromatic heterocycles. The van der Waals surface area contributed by atoms with Gasteiger partial charge in [-0.05, 0) is 45.1 Å². The molecule has 1 aliphatic carbocycles. The summed E-state index contributed by atoms with van der Waals surface area (Å²) in [5.74, 6) is 0. The monoisotopic (exact) mass is 255 g/mol. The van der Waals surface area contributed by atoms with E-state index < -0.39 is 0 Å². The zero-order valence-corrected chi connectivity index (χ0v) is 11.6. The summed E-state index contributed by atoms with van der Waals surface area (Å²) in [5.41, 5.74) is 0.172. The van der Waals surface area contributed by atoms with Crippen molar-refractivity contribution < 1.29 is 9.84 Å². The van der Waals surface area contributed by atoms with E-state index in [-0.39, 0.29) is 5.41 Å². The molecule has 106 valence electrons. The highest BCUT2D eigenvalue weighted by atomic mass is 16.5. The second-order valence-electron chi connectivity index (χ2n) is 6.17. The van der Waals surface area contributed by atoms with Crippen LogP contribution in [0, 0.1) is 5.41 Å². The summed E-state index contributed by atoms with van der Waals surface area (Å²) >= 11 is 0. The Morgan fingerprint density at radius 3 is 2.61 bits per heavy atom. The maximum Gasteiger partial charge on any atom is 0.0587 e. The van der Waals surface area contributed by atoms with E-state index >= 15 is 0 Å². The van der Waals surface area contributed by atoms with Gasteiger partial charge in [0.15, 0.2) is 0 Å². The van der Waals surface area contributed by atoms with E-state index in [0.717, 1.165) is 26.1 Å². The minimum atomic E-state index is 0.172. The van der Waals surface area contributed by atoms with Crippen LogP contribution in [0.25, 0.3) is 0 Å². The van der Waals surface area contributed by atoms with Crippen LogP contribution in [0.2, 0.25) is 0 Å². The van der Waals surface area contributed by atoms with Gasteiger partial charge in [-0.15, -0.1) is 0 Å². The quantitative estimate of drug-likeness (QED) is 0.716. The molecule has 3 heteroatoms. The zero-order chi connectivity index (χ0) is 12.7. The normalized spacial score (nSPS) is 28.2. The number of hydrogen-bond donors (Lipinski definition) is 2. The second kappa shape index (κ2) is 7.46. The molecule has 1 unspecified atom stereocenters. The molecule has 0 bridgehead atoms. The summed E-state index contributed by atoms with van der Waals surface area (Å²) in [6.45, 7) is 3.31. The van der Waals surface area contributed by atoms with Gasteiger partial charge in [0, 0.05) is 25.2 Å². The maximum atomic E-state index is 9.62. The van der Waals surface area contributed by atoms with Crippen LogP contribution >= 0.6 is 0 Å². The average Bonchev–Trinajstić information content (AvgIpc) is 2.46. The van der Waals surface area contributed by atoms with Gasteiger partial charge in [0.05, 0.1) is 6.10 Å². The maximum absolute atomic E-state index is 9.62. The van der Waals surface area contributed by atoms with Crippen molar-refractivity contribution in [1.29, 1.82) is 0 Å². The number of nitrogens with one attached hydrogen (secondary N) is 1. The highest BCUT2D eigenvalue weighted by molar-refractivity contribution is 4.84. The Kier molecular flexibility index (Phi) is 5.93. The number of aliphatic hydroxyl groups excluding tert-OH is 1. The van der Waals surface area contributed by atoms with Crippen LogP contribution in [0.15, 0.2) is 0 Å². The minimum Gasteiger partial charge on any atom is -0.396 e. The van der Waals surface area contributed by atoms with Gasteiger partial charge in [0.25, 0.3) is 0 Å². The molecule has 1 saturated carbocycles. The van der Waals surface area contributed by atoms with Gasteiger partial charge in [-0.2, -0.15) is 0 Å². The molecule has 2 N–H and O–H groups in total. The molecular weight excluding hydrogens is 226 g/mol. The molecule has 1 aliphatic heterocycles. The molecule has 1 atom stereocenters. The Balaban J connectivity index is 1.61. The molecule has 0 aromatic carbocycles. The summed E-state index contributed by atoms with van der Waals surface area (Å²) in [6.07, 6.45) is 11.7. The van der Waals surface area contributed by atoms with Crippen molar-refractivity contribution in [3.63, 3.8) is 0 Å². The molecule has 0 aromatic rings. The molecule has 0 spiro atoms. The standard InChI is InChI=1S/C15H29NO2/c17-13-15(8-3-1-4-9-15)12-16-10-7-14-6-2-5-11-18-14/h14,16-17H,1-13H2. The van der Waals surface area contributed by atoms with Crippen molar-refractivity contribution in [2.75, 3.05) is 26.3 Å². The third kappa shape index (κ3) is 4.22. The summed E-state index contributed by atoms with van der Waals surface area (Å²) in [4.78, 5) is 0. The number of aliphatic hydroxyl groups is 1. The van der Waals surface area contributed by atoms with Crippen molar-refractivity contribution >= 4 is 0 Å². The van der Waals surface area contributed by atoms with Crippen LogP contribution in [-0.4, -0.2) is 37.5 Å². The third-order valence-corrected chi connectivity index (χ3v) is 4.67. The highest BCUT2D eigenvalue weighted by Gasteiger charge is 2.30. The molecule has 2 fully saturated rings. The van der Waals surface area contributed by atoms with Gasteiger partial charge in [-0.25, -0.2) is 0 Å². The first-order chi connectivity index (χ1) is 8.85. The second-order valence-corrected chi connectivity index (χ2v) is 6.17. The van der Waals surface area contributed by atoms with E-state index in [4.69, 9.17) is 4.74 Å². The van der Waals surface area contributed by atoms with E-state index in [9.17, 15) is 5.11 Å². The summed E-state index contributed by atoms with van der Waals surface area (Å²) in [5, 5.41) is 13.2. The Morgan fingerprint density at radius 1 is 1.11 bits per heavy atom. The van der Waals surface area contributed by atoms with Crippen LogP contribution in [0.3, 0.4) is 0 Å². The molecule has 3 nitrogen and oxygen atoms in total. The largest absolute Gasteiger partial charge is 0.396 e. The van der Waals surface area contributed by atoms with Gasteiger partial charge in [0.1, 0.15) is 0 Å². The predicted octanol–water partition coefficient (Wildman–Crippen LogP) is 2.48. The summed E-state index contributed by atoms with van der Waals surface area (Å²) in [7, 11) is 0. The average molecular weight is 255 g/mol. The van der Waals surface area contributed by atoms with Crippen LogP contribution in [0.4, 0.5) is 0 Å². The van der Waals surface area contributed by atoms with E-state index in [1.54, 1.807) is 0 Å². The smallest absolute Gasteiger partial charge is 0.0587 e. The minimum absolute atomic E-state index is 0.172. The lowest BCUT2D eigenvalue weighted by Gasteiger charge is -2.36. The SMILES string of the molecule is OCC1(CNCCC2CCCCO2)CCCCC1. The zero-order valence-electron chi connectivity index (χ0n) is 11.6. The van der Waals surface area contributed by atoms with Crippen molar-refractivity contribution in [2.45, 2.75) is 63.9 Å². The molecule has 1 heterocycles. The summed E-state index contributed by atoms with van der Waals surface area (Å²) in [6, 6.07) is 0. The fraction of sp³-hybridized carbons (Fsp3) is 1.00. The van der Waals surface area contributed by atoms with Gasteiger partial charge in [-0.1, -0.05) is 19.3 Å². The van der Waals surface area contributed by atoms with Gasteiger partial charge in [0.2, 0.25) is 0 Å². The van der Waals surface area contributed by atoms with Crippen LogP contribution in [0.5, 0.6) is 0 Å². The first-order valence-electron chi connectivity index (χ1n) is 7.78. The predicted molar refractivity (Wildman–Crippen MR) is 73.7 cm³/mol. The Labute approximate surface area is 111 Å². The van der Waals surface area contributed by atoms with Crippen molar-refractivity contribution in [3.05, 3.63) is 0 Å². The van der Waals surface area contributed by atoms with E-state index in [2.05, 4.69) is 5.32 Å². The van der Waals surface area contributed by atoms with Crippen LogP contribution in [-0.2, 0) is 4.74 Å². The molecule has 1 saturated heterocycles. The van der Waals surface area contributed by atoms with Gasteiger partial charge >= 0.3 is 0 Å². The first-order valence-corrected chi connectivity index (χ1v) is 7.78. The van der Waals surface area contributed by atoms with Crippen LogP contribution < -0.4 is 5.32 Å². The molecule has 18 heavy (non-hydrogen) atoms. The fourth-order valence-corrected chi connectivity index (χ4v) is 3.34. The van der Waals surface area contributed by atoms with E-state index in [1.807, 2.05) is 0 Å². The Hall–Kier alpha value is -0.120. The van der Waals surface area contributed by atoms with Gasteiger partial charge in [-0.3, -0.25) is 0 Å². The molecule has 0 amide bonds. The fourth-order valence-electron chi connectivity index (χ4n) is 3.34. The van der Waals surface area contributed by atoms with Crippen molar-refractivity contribution in [3.8, 4) is 0 Å². The van der Waals surface area contributed by atoms with Crippen molar-refractivity contribution in [2.24, 2.45) is 5.41 Å². The lowest BCUT2D eigenvalue weighted by atomic mass is 9.74. The van der Waals surface area contributed by atoms with Crippen molar-refractivity contribution in [1.82, 2.24) is 5.32 Å². The molecular formula is C15H29NO2. The molecule has 0 radical (unpaired) electrons. The lowest BCUT2D eigenvalue weighted by Crippen LogP contribution is -2.40. The highest BCUT2D eigenvalue weighted by Crippen LogP contribution is 2.35. The topological polar surface area (TPSA) is 41.5 Å². The first kappa shape index (κ1) is 14.3. The Bertz CT molecular complexity index is 221. The molecule has 2 aliphatic rings. The number of rotatable bonds is 6. The van der Waals surface area contributed by atoms with E-state index in [1.165, 1.54) is 51.4 Å². The van der Waals surface area contributed by atoms with Crippen LogP contribution in [0.1, 0.15) is 57.8 Å². The van der Waals surface area contributed by atoms with E-state index in [0.29, 0.717) is 12.7 Å². The number of hydrogen-bond acceptors (Lipinski definition) is 3. The Morgan fingerprint density at radius 2 is 1.94 bits per heavy atom. The molecule has 2 rings (SSSR count). The summed E-state index contributed by atoms with van der Waals surface area (Å²) < 4.78 is 5.73. The number of ether oxygens (including phenoxy) is 1. The lowest BCUT2D eigenvalue weighted by molar-refractivity contribution is 0.0103.